The van der Waals surface area contributed by atoms with E-state index in [4.69, 9.17) is 0 Å². The third-order valence-electron chi connectivity index (χ3n) is 4.11. The summed E-state index contributed by atoms with van der Waals surface area (Å²) in [6.07, 6.45) is 6.46. The zero-order valence-electron chi connectivity index (χ0n) is 12.8. The van der Waals surface area contributed by atoms with E-state index in [2.05, 4.69) is 23.9 Å². The van der Waals surface area contributed by atoms with E-state index in [0.717, 1.165) is 32.2 Å². The summed E-state index contributed by atoms with van der Waals surface area (Å²) in [6.45, 7) is 6.22. The molecule has 0 aromatic carbocycles. The minimum Gasteiger partial charge on any atom is -0.312 e. The summed E-state index contributed by atoms with van der Waals surface area (Å²) in [5.74, 6) is 0.520. The van der Waals surface area contributed by atoms with Crippen molar-refractivity contribution >= 4 is 10.2 Å². The molecule has 2 fully saturated rings. The van der Waals surface area contributed by atoms with Crippen molar-refractivity contribution in [2.24, 2.45) is 5.92 Å². The number of hydrogen-bond acceptors (Lipinski definition) is 3. The van der Waals surface area contributed by atoms with E-state index in [1.54, 1.807) is 4.31 Å². The van der Waals surface area contributed by atoms with Gasteiger partial charge in [0.15, 0.2) is 0 Å². The number of hydrogen-bond donors (Lipinski definition) is 2. The van der Waals surface area contributed by atoms with Gasteiger partial charge >= 0.3 is 0 Å². The molecule has 1 saturated carbocycles. The molecule has 1 unspecified atom stereocenters. The Labute approximate surface area is 123 Å². The van der Waals surface area contributed by atoms with Crippen molar-refractivity contribution in [1.29, 1.82) is 0 Å². The molecule has 1 atom stereocenters. The van der Waals surface area contributed by atoms with Crippen LogP contribution in [-0.4, -0.2) is 44.4 Å². The molecule has 0 aromatic rings. The fourth-order valence-electron chi connectivity index (χ4n) is 2.64. The van der Waals surface area contributed by atoms with E-state index in [-0.39, 0.29) is 6.04 Å². The Hall–Kier alpha value is -0.170. The van der Waals surface area contributed by atoms with Gasteiger partial charge in [-0.1, -0.05) is 20.3 Å². The van der Waals surface area contributed by atoms with Gasteiger partial charge in [0, 0.05) is 31.7 Å². The summed E-state index contributed by atoms with van der Waals surface area (Å²) < 4.78 is 29.3. The van der Waals surface area contributed by atoms with E-state index in [1.165, 1.54) is 12.8 Å². The van der Waals surface area contributed by atoms with Gasteiger partial charge in [0.1, 0.15) is 0 Å². The van der Waals surface area contributed by atoms with E-state index < -0.39 is 10.2 Å². The molecule has 5 nitrogen and oxygen atoms in total. The molecule has 0 bridgehead atoms. The van der Waals surface area contributed by atoms with Gasteiger partial charge < -0.3 is 5.32 Å². The molecule has 20 heavy (non-hydrogen) atoms. The number of nitrogens with one attached hydrogen (secondary N) is 2. The van der Waals surface area contributed by atoms with Crippen LogP contribution in [0.4, 0.5) is 0 Å². The first-order chi connectivity index (χ1) is 9.49. The minimum atomic E-state index is -3.31. The molecule has 0 radical (unpaired) electrons. The van der Waals surface area contributed by atoms with Crippen molar-refractivity contribution in [3.8, 4) is 0 Å². The van der Waals surface area contributed by atoms with Crippen molar-refractivity contribution in [2.45, 2.75) is 64.5 Å². The fraction of sp³-hybridized carbons (Fsp3) is 1.00. The molecule has 0 spiro atoms. The first kappa shape index (κ1) is 16.2. The van der Waals surface area contributed by atoms with Gasteiger partial charge in [-0.3, -0.25) is 0 Å². The minimum absolute atomic E-state index is 0.126. The van der Waals surface area contributed by atoms with Crippen LogP contribution in [0.3, 0.4) is 0 Å². The summed E-state index contributed by atoms with van der Waals surface area (Å²) in [7, 11) is -3.31. The van der Waals surface area contributed by atoms with Crippen LogP contribution in [0.1, 0.15) is 52.4 Å². The van der Waals surface area contributed by atoms with Gasteiger partial charge in [0.05, 0.1) is 0 Å². The molecule has 2 aliphatic rings. The van der Waals surface area contributed by atoms with Crippen LogP contribution in [0.25, 0.3) is 0 Å². The van der Waals surface area contributed by atoms with Crippen LogP contribution in [0.2, 0.25) is 0 Å². The van der Waals surface area contributed by atoms with Crippen molar-refractivity contribution in [1.82, 2.24) is 14.3 Å². The van der Waals surface area contributed by atoms with Gasteiger partial charge in [0.25, 0.3) is 10.2 Å². The highest BCUT2D eigenvalue weighted by Crippen LogP contribution is 2.22. The zero-order chi connectivity index (χ0) is 14.6. The molecule has 0 amide bonds. The van der Waals surface area contributed by atoms with Crippen LogP contribution in [0, 0.1) is 5.92 Å². The first-order valence-corrected chi connectivity index (χ1v) is 9.43. The number of rotatable bonds is 8. The predicted octanol–water partition coefficient (Wildman–Crippen LogP) is 1.47. The average molecular weight is 303 g/mol. The largest absolute Gasteiger partial charge is 0.312 e. The Bertz CT molecular complexity index is 393. The molecular formula is C14H29N3O2S. The lowest BCUT2D eigenvalue weighted by molar-refractivity contribution is 0.242. The summed E-state index contributed by atoms with van der Waals surface area (Å²) >= 11 is 0. The fourth-order valence-corrected chi connectivity index (χ4v) is 4.13. The Morgan fingerprint density at radius 2 is 1.95 bits per heavy atom. The van der Waals surface area contributed by atoms with E-state index in [9.17, 15) is 8.42 Å². The van der Waals surface area contributed by atoms with E-state index >= 15 is 0 Å². The van der Waals surface area contributed by atoms with E-state index in [0.29, 0.717) is 25.0 Å². The smallest absolute Gasteiger partial charge is 0.279 e. The second-order valence-corrected chi connectivity index (χ2v) is 8.23. The zero-order valence-corrected chi connectivity index (χ0v) is 13.6. The van der Waals surface area contributed by atoms with Crippen LogP contribution in [-0.2, 0) is 10.2 Å². The van der Waals surface area contributed by atoms with Gasteiger partial charge in [-0.05, 0) is 38.0 Å². The molecule has 6 heteroatoms. The Morgan fingerprint density at radius 3 is 2.60 bits per heavy atom. The average Bonchev–Trinajstić information content (AvgIpc) is 3.20. The maximum atomic E-state index is 12.4. The Balaban J connectivity index is 1.87. The van der Waals surface area contributed by atoms with Crippen molar-refractivity contribution in [3.63, 3.8) is 0 Å². The van der Waals surface area contributed by atoms with E-state index in [1.807, 2.05) is 0 Å². The lowest BCUT2D eigenvalue weighted by Crippen LogP contribution is -2.52. The topological polar surface area (TPSA) is 61.4 Å². The molecule has 118 valence electrons. The lowest BCUT2D eigenvalue weighted by Gasteiger charge is -2.34. The third-order valence-corrected chi connectivity index (χ3v) is 5.77. The Kier molecular flexibility index (Phi) is 5.84. The van der Waals surface area contributed by atoms with Gasteiger partial charge in [0.2, 0.25) is 0 Å². The third kappa shape index (κ3) is 4.98. The van der Waals surface area contributed by atoms with Gasteiger partial charge in [-0.25, -0.2) is 4.72 Å². The van der Waals surface area contributed by atoms with Crippen molar-refractivity contribution in [2.75, 3.05) is 19.6 Å². The first-order valence-electron chi connectivity index (χ1n) is 7.99. The molecule has 1 aliphatic carbocycles. The summed E-state index contributed by atoms with van der Waals surface area (Å²) in [5.41, 5.74) is 0. The summed E-state index contributed by atoms with van der Waals surface area (Å²) in [4.78, 5) is 0. The highest BCUT2D eigenvalue weighted by Gasteiger charge is 2.33. The Morgan fingerprint density at radius 1 is 1.20 bits per heavy atom. The SMILES string of the molecule is CC(C)CCNS(=O)(=O)N1CCCCC1CNC1CC1. The molecule has 2 N–H and O–H groups in total. The van der Waals surface area contributed by atoms with Crippen molar-refractivity contribution < 1.29 is 8.42 Å². The van der Waals surface area contributed by atoms with Crippen molar-refractivity contribution in [3.05, 3.63) is 0 Å². The highest BCUT2D eigenvalue weighted by molar-refractivity contribution is 7.87. The number of nitrogens with zero attached hydrogens (tertiary/aromatic N) is 1. The number of piperidine rings is 1. The van der Waals surface area contributed by atoms with Crippen LogP contribution in [0.5, 0.6) is 0 Å². The van der Waals surface area contributed by atoms with Crippen LogP contribution in [0.15, 0.2) is 0 Å². The standard InChI is InChI=1S/C14H29N3O2S/c1-12(2)8-9-16-20(18,19)17-10-4-3-5-14(17)11-15-13-6-7-13/h12-16H,3-11H2,1-2H3. The second-order valence-electron chi connectivity index (χ2n) is 6.52. The molecule has 2 rings (SSSR count). The normalized spacial score (nSPS) is 25.2. The maximum absolute atomic E-state index is 12.4. The highest BCUT2D eigenvalue weighted by atomic mass is 32.2. The summed E-state index contributed by atoms with van der Waals surface area (Å²) in [6, 6.07) is 0.760. The molecule has 1 saturated heterocycles. The molecule has 0 aromatic heterocycles. The van der Waals surface area contributed by atoms with Gasteiger partial charge in [-0.15, -0.1) is 0 Å². The lowest BCUT2D eigenvalue weighted by atomic mass is 10.1. The summed E-state index contributed by atoms with van der Waals surface area (Å²) in [5, 5.41) is 3.47. The quantitative estimate of drug-likeness (QED) is 0.714. The monoisotopic (exact) mass is 303 g/mol. The predicted molar refractivity (Wildman–Crippen MR) is 81.7 cm³/mol. The molecule has 1 heterocycles. The molecule has 1 aliphatic heterocycles. The second kappa shape index (κ2) is 7.20. The van der Waals surface area contributed by atoms with Crippen LogP contribution >= 0.6 is 0 Å². The maximum Gasteiger partial charge on any atom is 0.279 e. The van der Waals surface area contributed by atoms with Gasteiger partial charge in [-0.2, -0.15) is 12.7 Å². The molecular weight excluding hydrogens is 274 g/mol. The van der Waals surface area contributed by atoms with Crippen LogP contribution < -0.4 is 10.0 Å².